The number of hydrogen-bond donors (Lipinski definition) is 0. The Hall–Kier alpha value is -2.91. The molecule has 3 heterocycles. The molecule has 0 N–H and O–H groups in total. The van der Waals surface area contributed by atoms with Gasteiger partial charge in [0.1, 0.15) is 6.54 Å². The fraction of sp³-hybridized carbons (Fsp3) is 0.524. The van der Waals surface area contributed by atoms with Gasteiger partial charge in [0.2, 0.25) is 5.91 Å². The molecule has 0 radical (unpaired) electrons. The second-order valence-electron chi connectivity index (χ2n) is 7.62. The van der Waals surface area contributed by atoms with Gasteiger partial charge in [0, 0.05) is 36.6 Å². The van der Waals surface area contributed by atoms with Crippen LogP contribution in [0, 0.1) is 27.7 Å². The van der Waals surface area contributed by atoms with E-state index < -0.39 is 11.7 Å². The molecule has 7 nitrogen and oxygen atoms in total. The van der Waals surface area contributed by atoms with E-state index in [1.807, 2.05) is 32.4 Å². The van der Waals surface area contributed by atoms with E-state index in [2.05, 4.69) is 15.2 Å². The van der Waals surface area contributed by atoms with Gasteiger partial charge in [0.15, 0.2) is 5.65 Å². The monoisotopic (exact) mass is 436 g/mol. The molecular weight excluding hydrogens is 409 g/mol. The number of pyridine rings is 1. The summed E-state index contributed by atoms with van der Waals surface area (Å²) in [6.45, 7) is 12.1. The van der Waals surface area contributed by atoms with Crippen LogP contribution in [0.3, 0.4) is 0 Å². The number of halogens is 3. The van der Waals surface area contributed by atoms with Crippen molar-refractivity contribution >= 4 is 16.9 Å². The molecule has 0 fully saturated rings. The van der Waals surface area contributed by atoms with Gasteiger partial charge >= 0.3 is 6.18 Å². The normalized spacial score (nSPS) is 12.0. The molecule has 3 aromatic heterocycles. The number of rotatable bonds is 6. The van der Waals surface area contributed by atoms with Crippen molar-refractivity contribution in [2.75, 3.05) is 6.54 Å². The van der Waals surface area contributed by atoms with Gasteiger partial charge < -0.3 is 4.90 Å². The first-order chi connectivity index (χ1) is 14.5. The lowest BCUT2D eigenvalue weighted by Crippen LogP contribution is -2.34. The van der Waals surface area contributed by atoms with Crippen LogP contribution >= 0.6 is 0 Å². The first-order valence-corrected chi connectivity index (χ1v) is 10.2. The van der Waals surface area contributed by atoms with Crippen molar-refractivity contribution in [1.29, 1.82) is 0 Å². The molecule has 10 heteroatoms. The van der Waals surface area contributed by atoms with Crippen molar-refractivity contribution in [3.8, 4) is 0 Å². The molecule has 0 bridgehead atoms. The number of carbonyl (C=O) groups is 1. The Morgan fingerprint density at radius 3 is 2.26 bits per heavy atom. The molecule has 0 saturated carbocycles. The zero-order chi connectivity index (χ0) is 23.1. The highest BCUT2D eigenvalue weighted by Crippen LogP contribution is 2.36. The van der Waals surface area contributed by atoms with Gasteiger partial charge in [-0.25, -0.2) is 9.67 Å². The van der Waals surface area contributed by atoms with Gasteiger partial charge in [-0.2, -0.15) is 23.4 Å². The molecule has 0 aliphatic carbocycles. The average Bonchev–Trinajstić information content (AvgIpc) is 3.14. The molecule has 31 heavy (non-hydrogen) atoms. The number of likely N-dealkylation sites (N-methyl/N-ethyl adjacent to an activating group) is 1. The van der Waals surface area contributed by atoms with Crippen molar-refractivity contribution in [3.05, 3.63) is 40.0 Å². The van der Waals surface area contributed by atoms with Gasteiger partial charge in [-0.3, -0.25) is 9.48 Å². The fourth-order valence-corrected chi connectivity index (χ4v) is 3.88. The molecule has 3 rings (SSSR count). The summed E-state index contributed by atoms with van der Waals surface area (Å²) in [6, 6.07) is 1.01. The van der Waals surface area contributed by atoms with Crippen LogP contribution in [0.2, 0.25) is 0 Å². The molecule has 0 atom stereocenters. The van der Waals surface area contributed by atoms with E-state index in [-0.39, 0.29) is 34.9 Å². The largest absolute Gasteiger partial charge is 0.417 e. The summed E-state index contributed by atoms with van der Waals surface area (Å²) in [5.41, 5.74) is 2.54. The van der Waals surface area contributed by atoms with E-state index in [1.165, 1.54) is 18.5 Å². The molecule has 0 saturated heterocycles. The molecule has 0 aliphatic rings. The quantitative estimate of drug-likeness (QED) is 0.587. The Kier molecular flexibility index (Phi) is 6.11. The maximum absolute atomic E-state index is 13.5. The lowest BCUT2D eigenvalue weighted by molar-refractivity contribution is -0.136. The number of nitrogens with zero attached hydrogens (tertiary/aromatic N) is 6. The van der Waals surface area contributed by atoms with E-state index in [9.17, 15) is 18.0 Å². The molecule has 168 valence electrons. The summed E-state index contributed by atoms with van der Waals surface area (Å²) in [4.78, 5) is 19.0. The Balaban J connectivity index is 1.94. The Bertz CT molecular complexity index is 1130. The number of carbonyl (C=O) groups excluding carboxylic acids is 1. The lowest BCUT2D eigenvalue weighted by atomic mass is 10.1. The van der Waals surface area contributed by atoms with E-state index >= 15 is 0 Å². The van der Waals surface area contributed by atoms with Crippen molar-refractivity contribution < 1.29 is 18.0 Å². The summed E-state index contributed by atoms with van der Waals surface area (Å²) in [7, 11) is 0. The molecule has 0 unspecified atom stereocenters. The van der Waals surface area contributed by atoms with Crippen LogP contribution in [0.25, 0.3) is 11.0 Å². The minimum absolute atomic E-state index is 0.0649. The molecule has 0 spiro atoms. The van der Waals surface area contributed by atoms with E-state index in [4.69, 9.17) is 0 Å². The van der Waals surface area contributed by atoms with Crippen LogP contribution in [0.4, 0.5) is 13.2 Å². The molecule has 0 aromatic carbocycles. The summed E-state index contributed by atoms with van der Waals surface area (Å²) >= 11 is 0. The Morgan fingerprint density at radius 1 is 1.06 bits per heavy atom. The van der Waals surface area contributed by atoms with Crippen LogP contribution in [-0.4, -0.2) is 41.9 Å². The maximum Gasteiger partial charge on any atom is 0.417 e. The second-order valence-corrected chi connectivity index (χ2v) is 7.62. The summed E-state index contributed by atoms with van der Waals surface area (Å²) in [5.74, 6) is -0.244. The van der Waals surface area contributed by atoms with Crippen LogP contribution in [0.1, 0.15) is 47.8 Å². The molecule has 3 aromatic rings. The van der Waals surface area contributed by atoms with Gasteiger partial charge in [0.05, 0.1) is 22.3 Å². The summed E-state index contributed by atoms with van der Waals surface area (Å²) in [5, 5.41) is 8.64. The second kappa shape index (κ2) is 8.32. The third-order valence-corrected chi connectivity index (χ3v) is 5.51. The maximum atomic E-state index is 13.5. The zero-order valence-electron chi connectivity index (χ0n) is 18.6. The van der Waals surface area contributed by atoms with Crippen molar-refractivity contribution in [2.45, 2.75) is 67.4 Å². The minimum atomic E-state index is -4.53. The third kappa shape index (κ3) is 4.28. The highest BCUT2D eigenvalue weighted by Gasteiger charge is 2.35. The fourth-order valence-electron chi connectivity index (χ4n) is 3.88. The topological polar surface area (TPSA) is 68.8 Å². The smallest absolute Gasteiger partial charge is 0.337 e. The standard InChI is InChI=1S/C21H27F3N6O/c1-7-28(10-16-13(4)26-29(8-2)15(16)6)18(31)11-30-20-19(14(5)27-30)17(21(22,23)24)9-12(3)25-20/h9H,7-8,10-11H2,1-6H3. The highest BCUT2D eigenvalue weighted by atomic mass is 19.4. The van der Waals surface area contributed by atoms with Gasteiger partial charge in [0.25, 0.3) is 0 Å². The van der Waals surface area contributed by atoms with Crippen molar-refractivity contribution in [3.63, 3.8) is 0 Å². The predicted molar refractivity (Wildman–Crippen MR) is 110 cm³/mol. The van der Waals surface area contributed by atoms with E-state index in [1.54, 1.807) is 4.90 Å². The van der Waals surface area contributed by atoms with Crippen molar-refractivity contribution in [1.82, 2.24) is 29.4 Å². The van der Waals surface area contributed by atoms with Gasteiger partial charge in [-0.1, -0.05) is 0 Å². The van der Waals surface area contributed by atoms with Crippen LogP contribution < -0.4 is 0 Å². The van der Waals surface area contributed by atoms with Crippen LogP contribution in [-0.2, 0) is 30.6 Å². The van der Waals surface area contributed by atoms with Crippen LogP contribution in [0.5, 0.6) is 0 Å². The number of amides is 1. The molecular formula is C21H27F3N6O. The summed E-state index contributed by atoms with van der Waals surface area (Å²) < 4.78 is 43.8. The van der Waals surface area contributed by atoms with E-state index in [0.717, 1.165) is 29.6 Å². The average molecular weight is 436 g/mol. The van der Waals surface area contributed by atoms with E-state index in [0.29, 0.717) is 13.1 Å². The Morgan fingerprint density at radius 2 is 1.71 bits per heavy atom. The zero-order valence-corrected chi connectivity index (χ0v) is 18.6. The van der Waals surface area contributed by atoms with Gasteiger partial charge in [-0.15, -0.1) is 0 Å². The highest BCUT2D eigenvalue weighted by molar-refractivity contribution is 5.85. The number of alkyl halides is 3. The number of aryl methyl sites for hydroxylation is 4. The molecule has 1 amide bonds. The minimum Gasteiger partial charge on any atom is -0.337 e. The van der Waals surface area contributed by atoms with Gasteiger partial charge in [-0.05, 0) is 47.6 Å². The predicted octanol–water partition coefficient (Wildman–Crippen LogP) is 3.95. The summed E-state index contributed by atoms with van der Waals surface area (Å²) in [6.07, 6.45) is -4.53. The van der Waals surface area contributed by atoms with Crippen LogP contribution in [0.15, 0.2) is 6.07 Å². The van der Waals surface area contributed by atoms with Crippen molar-refractivity contribution in [2.24, 2.45) is 0 Å². The first-order valence-electron chi connectivity index (χ1n) is 10.2. The molecule has 0 aliphatic heterocycles. The SMILES string of the molecule is CCN(Cc1c(C)nn(CC)c1C)C(=O)Cn1nc(C)c2c(C(F)(F)F)cc(C)nc21. The third-order valence-electron chi connectivity index (χ3n) is 5.51. The lowest BCUT2D eigenvalue weighted by Gasteiger charge is -2.21. The number of hydrogen-bond acceptors (Lipinski definition) is 4. The Labute approximate surface area is 178 Å². The first kappa shape index (κ1) is 22.8. The number of aromatic nitrogens is 5. The number of fused-ring (bicyclic) bond motifs is 1.